The maximum absolute atomic E-state index is 7.10. The van der Waals surface area contributed by atoms with Crippen LogP contribution in [0, 0.1) is 0 Å². The van der Waals surface area contributed by atoms with Gasteiger partial charge < -0.3 is 14.0 Å². The lowest BCUT2D eigenvalue weighted by atomic mass is 9.70. The van der Waals surface area contributed by atoms with Gasteiger partial charge in [-0.15, -0.1) is 22.7 Å². The van der Waals surface area contributed by atoms with E-state index in [-0.39, 0.29) is 10.8 Å². The number of aromatic nitrogens is 3. The molecule has 0 saturated heterocycles. The van der Waals surface area contributed by atoms with Gasteiger partial charge in [0.25, 0.3) is 0 Å². The van der Waals surface area contributed by atoms with Crippen molar-refractivity contribution in [2.75, 3.05) is 13.2 Å². The second kappa shape index (κ2) is 29.4. The highest BCUT2D eigenvalue weighted by molar-refractivity contribution is 7.19. The van der Waals surface area contributed by atoms with E-state index in [2.05, 4.69) is 149 Å². The van der Waals surface area contributed by atoms with Crippen molar-refractivity contribution < 1.29 is 9.47 Å². The minimum Gasteiger partial charge on any atom is -0.489 e. The summed E-state index contributed by atoms with van der Waals surface area (Å²) in [5.41, 5.74) is 20.1. The highest BCUT2D eigenvalue weighted by Crippen LogP contribution is 2.60. The van der Waals surface area contributed by atoms with Crippen molar-refractivity contribution in [2.24, 2.45) is 0 Å². The predicted octanol–water partition coefficient (Wildman–Crippen LogP) is 25.3. The number of hydrogen-bond donors (Lipinski definition) is 0. The Kier molecular flexibility index (Phi) is 21.3. The molecule has 0 fully saturated rings. The molecule has 456 valence electrons. The molecule has 0 unspecified atom stereocenters. The molecule has 0 atom stereocenters. The molecule has 4 heterocycles. The van der Waals surface area contributed by atoms with Gasteiger partial charge in [-0.05, 0) is 149 Å². The first-order valence-electron chi connectivity index (χ1n) is 34.5. The number of unbranched alkanes of at least 4 members (excludes halogenated alkanes) is 18. The van der Waals surface area contributed by atoms with E-state index in [1.165, 1.54) is 220 Å². The van der Waals surface area contributed by atoms with Crippen LogP contribution in [0.5, 0.6) is 11.5 Å². The molecular formula is C78H99N3O2S3. The molecule has 0 radical (unpaired) electrons. The zero-order valence-corrected chi connectivity index (χ0v) is 56.0. The van der Waals surface area contributed by atoms with Crippen LogP contribution in [-0.2, 0) is 17.4 Å². The van der Waals surface area contributed by atoms with E-state index >= 15 is 0 Å². The maximum atomic E-state index is 7.10. The molecule has 4 aromatic heterocycles. The minimum absolute atomic E-state index is 0.0407. The fourth-order valence-corrected chi connectivity index (χ4v) is 17.8. The van der Waals surface area contributed by atoms with E-state index in [0.717, 1.165) is 75.6 Å². The second-order valence-corrected chi connectivity index (χ2v) is 28.2. The first kappa shape index (κ1) is 62.3. The molecule has 2 aliphatic carbocycles. The third-order valence-electron chi connectivity index (χ3n) is 19.9. The van der Waals surface area contributed by atoms with Gasteiger partial charge in [-0.25, -0.2) is 0 Å². The van der Waals surface area contributed by atoms with Crippen molar-refractivity contribution in [1.29, 1.82) is 0 Å². The number of benzene rings is 5. The Morgan fingerprint density at radius 2 is 0.872 bits per heavy atom. The van der Waals surface area contributed by atoms with Gasteiger partial charge in [0.05, 0.1) is 36.1 Å². The summed E-state index contributed by atoms with van der Waals surface area (Å²) < 4.78 is 27.0. The van der Waals surface area contributed by atoms with Gasteiger partial charge in [0, 0.05) is 53.8 Å². The van der Waals surface area contributed by atoms with Crippen LogP contribution in [0.1, 0.15) is 251 Å². The molecule has 5 aromatic carbocycles. The van der Waals surface area contributed by atoms with Crippen molar-refractivity contribution in [3.8, 4) is 65.1 Å². The smallest absolute Gasteiger partial charge is 0.172 e. The van der Waals surface area contributed by atoms with Crippen molar-refractivity contribution in [3.63, 3.8) is 0 Å². The molecular weight excluding hydrogens is 1110 g/mol. The number of aryl methyl sites for hydroxylation is 1. The van der Waals surface area contributed by atoms with Crippen LogP contribution in [0.2, 0.25) is 0 Å². The van der Waals surface area contributed by atoms with Gasteiger partial charge in [0.15, 0.2) is 11.5 Å². The summed E-state index contributed by atoms with van der Waals surface area (Å²) in [6, 6.07) is 37.1. The number of ether oxygens (including phenoxy) is 2. The SMILES string of the molecule is CCCCCCOc1c(OCCCCCC)c(-c2ccc(-c3ccc4c(c3)C(CCCCCC)(CCCCCC)c3cc5c6cc7c(cc6n(CC)c5cc3-4)-c3ccccc3C7(CCCCCC)CCCCCC)s2)c2nsnc2c1-c1cccs1. The third kappa shape index (κ3) is 12.3. The number of hydrogen-bond acceptors (Lipinski definition) is 7. The molecule has 86 heavy (non-hydrogen) atoms. The van der Waals surface area contributed by atoms with Crippen molar-refractivity contribution in [1.82, 2.24) is 13.3 Å². The van der Waals surface area contributed by atoms with Gasteiger partial charge >= 0.3 is 0 Å². The average molecular weight is 1210 g/mol. The molecule has 0 bridgehead atoms. The molecule has 0 spiro atoms. The Bertz CT molecular complexity index is 3650. The van der Waals surface area contributed by atoms with Crippen molar-refractivity contribution in [2.45, 2.75) is 246 Å². The van der Waals surface area contributed by atoms with Gasteiger partial charge in [-0.2, -0.15) is 8.75 Å². The van der Waals surface area contributed by atoms with Crippen LogP contribution < -0.4 is 9.47 Å². The normalized spacial score (nSPS) is 13.8. The van der Waals surface area contributed by atoms with Gasteiger partial charge in [0.1, 0.15) is 11.0 Å². The molecule has 5 nitrogen and oxygen atoms in total. The Morgan fingerprint density at radius 3 is 1.37 bits per heavy atom. The number of thiophene rings is 2. The Balaban J connectivity index is 1.06. The number of nitrogens with zero attached hydrogens (tertiary/aromatic N) is 3. The summed E-state index contributed by atoms with van der Waals surface area (Å²) in [6.07, 6.45) is 34.3. The van der Waals surface area contributed by atoms with Gasteiger partial charge in [0.2, 0.25) is 0 Å². The summed E-state index contributed by atoms with van der Waals surface area (Å²) in [5.74, 6) is 1.65. The first-order chi connectivity index (χ1) is 42.4. The predicted molar refractivity (Wildman–Crippen MR) is 375 cm³/mol. The van der Waals surface area contributed by atoms with Crippen molar-refractivity contribution >= 4 is 67.2 Å². The quantitative estimate of drug-likeness (QED) is 0.0367. The first-order valence-corrected chi connectivity index (χ1v) is 36.9. The molecule has 0 N–H and O–H groups in total. The van der Waals surface area contributed by atoms with E-state index in [1.54, 1.807) is 33.6 Å². The average Bonchev–Trinajstić information content (AvgIpc) is 1.57. The lowest BCUT2D eigenvalue weighted by Crippen LogP contribution is -2.25. The lowest BCUT2D eigenvalue weighted by Gasteiger charge is -2.33. The fourth-order valence-electron chi connectivity index (χ4n) is 15.4. The maximum Gasteiger partial charge on any atom is 0.172 e. The van der Waals surface area contributed by atoms with E-state index < -0.39 is 0 Å². The zero-order valence-electron chi connectivity index (χ0n) is 53.5. The molecule has 0 amide bonds. The van der Waals surface area contributed by atoms with Gasteiger partial charge in [-0.1, -0.05) is 225 Å². The van der Waals surface area contributed by atoms with Crippen molar-refractivity contribution in [3.05, 3.63) is 119 Å². The summed E-state index contributed by atoms with van der Waals surface area (Å²) in [7, 11) is 0. The standard InChI is InChI=1S/C78H99N3O2S3/c1-8-15-21-29-43-77(44-30-22-16-9-2)62-37-28-27-36-56(62)58-53-66-60(51-64(58)77)61-52-65-59(54-67(61)81(66)14-7)57-40-39-55(50-63(57)78(65,45-31-23-17-10-3)46-32-24-18-11-4)68-41-42-70(85-68)72-74-73(79-86-80-74)71(69-38-35-49-84-69)75(82-47-33-25-19-12-5)76(72)83-48-34-26-20-13-6/h27-28,35-42,49-54H,8-26,29-34,43-48H2,1-7H3. The highest BCUT2D eigenvalue weighted by atomic mass is 32.1. The largest absolute Gasteiger partial charge is 0.489 e. The minimum atomic E-state index is -0.0927. The molecule has 2 aliphatic rings. The number of rotatable bonds is 36. The second-order valence-electron chi connectivity index (χ2n) is 25.6. The third-order valence-corrected chi connectivity index (χ3v) is 22.5. The van der Waals surface area contributed by atoms with E-state index in [1.807, 2.05) is 11.3 Å². The molecule has 8 heteroatoms. The summed E-state index contributed by atoms with van der Waals surface area (Å²) >= 11 is 4.91. The van der Waals surface area contributed by atoms with Crippen LogP contribution in [-0.4, -0.2) is 26.5 Å². The lowest BCUT2D eigenvalue weighted by molar-refractivity contribution is 0.261. The number of fused-ring (bicyclic) bond motifs is 10. The van der Waals surface area contributed by atoms with Gasteiger partial charge in [-0.3, -0.25) is 0 Å². The molecule has 0 aliphatic heterocycles. The monoisotopic (exact) mass is 1210 g/mol. The summed E-state index contributed by atoms with van der Waals surface area (Å²) in [6.45, 7) is 18.6. The summed E-state index contributed by atoms with van der Waals surface area (Å²) in [5, 5.41) is 5.06. The van der Waals surface area contributed by atoms with E-state index in [0.29, 0.717) is 13.2 Å². The molecule has 9 aromatic rings. The van der Waals surface area contributed by atoms with E-state index in [4.69, 9.17) is 18.2 Å². The highest BCUT2D eigenvalue weighted by Gasteiger charge is 2.45. The van der Waals surface area contributed by atoms with E-state index in [9.17, 15) is 0 Å². The zero-order chi connectivity index (χ0) is 59.5. The van der Waals surface area contributed by atoms with Crippen LogP contribution in [0.15, 0.2) is 96.4 Å². The molecule has 11 rings (SSSR count). The topological polar surface area (TPSA) is 49.2 Å². The van der Waals surface area contributed by atoms with Crippen LogP contribution in [0.25, 0.3) is 86.4 Å². The summed E-state index contributed by atoms with van der Waals surface area (Å²) in [4.78, 5) is 3.57. The Labute approximate surface area is 529 Å². The molecule has 0 saturated carbocycles. The Hall–Kier alpha value is -5.28. The Morgan fingerprint density at radius 1 is 0.407 bits per heavy atom. The fraction of sp³-hybridized carbons (Fsp3) is 0.513. The van der Waals surface area contributed by atoms with Crippen LogP contribution >= 0.6 is 34.4 Å². The van der Waals surface area contributed by atoms with Crippen LogP contribution in [0.3, 0.4) is 0 Å². The van der Waals surface area contributed by atoms with Crippen LogP contribution in [0.4, 0.5) is 0 Å².